The van der Waals surface area contributed by atoms with Crippen molar-refractivity contribution < 1.29 is 19.1 Å². The number of esters is 1. The third-order valence-corrected chi connectivity index (χ3v) is 4.16. The van der Waals surface area contributed by atoms with Crippen molar-refractivity contribution in [3.63, 3.8) is 0 Å². The molecule has 0 saturated carbocycles. The van der Waals surface area contributed by atoms with Gasteiger partial charge >= 0.3 is 5.97 Å². The van der Waals surface area contributed by atoms with Gasteiger partial charge in [0.05, 0.1) is 25.8 Å². The second-order valence-corrected chi connectivity index (χ2v) is 6.49. The molecule has 2 aromatic rings. The normalized spacial score (nSPS) is 10.1. The first-order valence-corrected chi connectivity index (χ1v) is 8.87. The summed E-state index contributed by atoms with van der Waals surface area (Å²) in [5.41, 5.74) is 4.65. The molecule has 2 amide bonds. The van der Waals surface area contributed by atoms with Crippen LogP contribution >= 0.6 is 0 Å². The van der Waals surface area contributed by atoms with Crippen molar-refractivity contribution in [3.05, 3.63) is 58.7 Å². The van der Waals surface area contributed by atoms with E-state index in [1.54, 1.807) is 24.3 Å². The summed E-state index contributed by atoms with van der Waals surface area (Å²) in [6, 6.07) is 10.7. The Morgan fingerprint density at radius 3 is 2.21 bits per heavy atom. The Kier molecular flexibility index (Phi) is 7.14. The number of hydrogen-bond donors (Lipinski definition) is 3. The molecule has 0 heterocycles. The van der Waals surface area contributed by atoms with Gasteiger partial charge in [-0.25, -0.2) is 4.79 Å². The molecular formula is C21H25N3O4. The van der Waals surface area contributed by atoms with Crippen molar-refractivity contribution >= 4 is 29.2 Å². The molecule has 0 unspecified atom stereocenters. The summed E-state index contributed by atoms with van der Waals surface area (Å²) < 4.78 is 4.71. The lowest BCUT2D eigenvalue weighted by Gasteiger charge is -2.14. The van der Waals surface area contributed by atoms with Crippen LogP contribution in [-0.2, 0) is 14.3 Å². The monoisotopic (exact) mass is 383 g/mol. The van der Waals surface area contributed by atoms with Crippen LogP contribution in [0.3, 0.4) is 0 Å². The Bertz CT molecular complexity index is 870. The van der Waals surface area contributed by atoms with Gasteiger partial charge in [-0.05, 0) is 44.0 Å². The third-order valence-electron chi connectivity index (χ3n) is 4.16. The first kappa shape index (κ1) is 21.0. The fraction of sp³-hybridized carbons (Fsp3) is 0.286. The molecule has 0 aromatic heterocycles. The molecule has 0 saturated heterocycles. The summed E-state index contributed by atoms with van der Waals surface area (Å²) in [4.78, 5) is 35.9. The van der Waals surface area contributed by atoms with E-state index in [2.05, 4.69) is 16.0 Å². The summed E-state index contributed by atoms with van der Waals surface area (Å²) in [5.74, 6) is -1.17. The maximum absolute atomic E-state index is 12.2. The predicted octanol–water partition coefficient (Wildman–Crippen LogP) is 2.57. The molecular weight excluding hydrogens is 358 g/mol. The van der Waals surface area contributed by atoms with Gasteiger partial charge in [0.25, 0.3) is 0 Å². The number of ether oxygens (including phenoxy) is 1. The van der Waals surface area contributed by atoms with Gasteiger partial charge in [0, 0.05) is 11.4 Å². The number of methoxy groups -OCH3 is 1. The molecule has 0 aliphatic heterocycles. The fourth-order valence-corrected chi connectivity index (χ4v) is 2.90. The van der Waals surface area contributed by atoms with Gasteiger partial charge in [-0.1, -0.05) is 29.8 Å². The van der Waals surface area contributed by atoms with Crippen LogP contribution < -0.4 is 16.0 Å². The lowest BCUT2D eigenvalue weighted by molar-refractivity contribution is -0.122. The highest BCUT2D eigenvalue weighted by Crippen LogP contribution is 2.21. The quantitative estimate of drug-likeness (QED) is 0.639. The molecule has 0 fully saturated rings. The number of para-hydroxylation sites is 1. The van der Waals surface area contributed by atoms with E-state index in [1.165, 1.54) is 7.11 Å². The van der Waals surface area contributed by atoms with Gasteiger partial charge in [0.15, 0.2) is 0 Å². The maximum atomic E-state index is 12.2. The number of nitrogens with one attached hydrogen (secondary N) is 3. The fourth-order valence-electron chi connectivity index (χ4n) is 2.90. The molecule has 28 heavy (non-hydrogen) atoms. The van der Waals surface area contributed by atoms with Crippen molar-refractivity contribution in [2.75, 3.05) is 30.8 Å². The first-order valence-electron chi connectivity index (χ1n) is 8.87. The smallest absolute Gasteiger partial charge is 0.339 e. The summed E-state index contributed by atoms with van der Waals surface area (Å²) in [6.45, 7) is 5.63. The number of rotatable bonds is 7. The second kappa shape index (κ2) is 9.55. The predicted molar refractivity (Wildman–Crippen MR) is 109 cm³/mol. The summed E-state index contributed by atoms with van der Waals surface area (Å²) in [5, 5.41) is 8.27. The highest BCUT2D eigenvalue weighted by Gasteiger charge is 2.13. The van der Waals surface area contributed by atoms with Crippen LogP contribution in [-0.4, -0.2) is 38.0 Å². The minimum absolute atomic E-state index is 0.0795. The highest BCUT2D eigenvalue weighted by molar-refractivity contribution is 5.97. The number of carbonyl (C=O) groups excluding carboxylic acids is 3. The molecule has 2 rings (SSSR count). The summed E-state index contributed by atoms with van der Waals surface area (Å²) in [6.07, 6.45) is 0. The number of benzene rings is 2. The van der Waals surface area contributed by atoms with Crippen LogP contribution in [0.1, 0.15) is 27.0 Å². The lowest BCUT2D eigenvalue weighted by atomic mass is 10.1. The van der Waals surface area contributed by atoms with Crippen molar-refractivity contribution in [2.45, 2.75) is 20.8 Å². The van der Waals surface area contributed by atoms with E-state index in [-0.39, 0.29) is 24.9 Å². The number of hydrogen-bond acceptors (Lipinski definition) is 5. The average molecular weight is 383 g/mol. The minimum Gasteiger partial charge on any atom is -0.465 e. The highest BCUT2D eigenvalue weighted by atomic mass is 16.5. The molecule has 148 valence electrons. The Morgan fingerprint density at radius 1 is 0.929 bits per heavy atom. The van der Waals surface area contributed by atoms with Crippen LogP contribution in [0, 0.1) is 20.8 Å². The van der Waals surface area contributed by atoms with Crippen molar-refractivity contribution in [1.29, 1.82) is 0 Å². The summed E-state index contributed by atoms with van der Waals surface area (Å²) in [7, 11) is 1.29. The van der Waals surface area contributed by atoms with Gasteiger partial charge in [-0.3, -0.25) is 9.59 Å². The topological polar surface area (TPSA) is 96.5 Å². The Morgan fingerprint density at radius 2 is 1.57 bits per heavy atom. The molecule has 7 heteroatoms. The third kappa shape index (κ3) is 5.57. The zero-order valence-corrected chi connectivity index (χ0v) is 16.5. The van der Waals surface area contributed by atoms with E-state index >= 15 is 0 Å². The molecule has 0 atom stereocenters. The van der Waals surface area contributed by atoms with Crippen molar-refractivity contribution in [3.8, 4) is 0 Å². The van der Waals surface area contributed by atoms with Crippen molar-refractivity contribution in [2.24, 2.45) is 0 Å². The number of amides is 2. The standard InChI is InChI=1S/C21H25N3O4/c1-13-9-14(2)20(15(3)10-13)24-19(26)12-23-18(25)11-22-17-8-6-5-7-16(17)21(27)28-4/h5-10,22H,11-12H2,1-4H3,(H,23,25)(H,24,26). The Hall–Kier alpha value is -3.35. The molecule has 0 aliphatic carbocycles. The summed E-state index contributed by atoms with van der Waals surface area (Å²) >= 11 is 0. The number of aryl methyl sites for hydroxylation is 3. The van der Waals surface area contributed by atoms with Gasteiger partial charge in [-0.15, -0.1) is 0 Å². The maximum Gasteiger partial charge on any atom is 0.339 e. The van der Waals surface area contributed by atoms with Crippen LogP contribution in [0.2, 0.25) is 0 Å². The Balaban J connectivity index is 1.87. The molecule has 0 bridgehead atoms. The molecule has 2 aromatic carbocycles. The second-order valence-electron chi connectivity index (χ2n) is 6.49. The van der Waals surface area contributed by atoms with Gasteiger partial charge in [0.2, 0.25) is 11.8 Å². The molecule has 3 N–H and O–H groups in total. The van der Waals surface area contributed by atoms with E-state index in [4.69, 9.17) is 4.74 Å². The number of anilines is 2. The van der Waals surface area contributed by atoms with Crippen molar-refractivity contribution in [1.82, 2.24) is 5.32 Å². The number of carbonyl (C=O) groups is 3. The van der Waals surface area contributed by atoms with Gasteiger partial charge in [0.1, 0.15) is 0 Å². The van der Waals surface area contributed by atoms with E-state index in [0.717, 1.165) is 22.4 Å². The van der Waals surface area contributed by atoms with E-state index in [0.29, 0.717) is 11.3 Å². The van der Waals surface area contributed by atoms with Gasteiger partial charge < -0.3 is 20.7 Å². The van der Waals surface area contributed by atoms with Gasteiger partial charge in [-0.2, -0.15) is 0 Å². The average Bonchev–Trinajstić information content (AvgIpc) is 2.67. The van der Waals surface area contributed by atoms with Crippen LogP contribution in [0.5, 0.6) is 0 Å². The van der Waals surface area contributed by atoms with Crippen LogP contribution in [0.25, 0.3) is 0 Å². The minimum atomic E-state index is -0.494. The van der Waals surface area contributed by atoms with Crippen LogP contribution in [0.4, 0.5) is 11.4 Å². The molecule has 0 spiro atoms. The van der Waals surface area contributed by atoms with E-state index in [9.17, 15) is 14.4 Å². The Labute approximate surface area is 164 Å². The zero-order valence-electron chi connectivity index (χ0n) is 16.5. The SMILES string of the molecule is COC(=O)c1ccccc1NCC(=O)NCC(=O)Nc1c(C)cc(C)cc1C. The molecule has 0 radical (unpaired) electrons. The first-order chi connectivity index (χ1) is 13.3. The lowest BCUT2D eigenvalue weighted by Crippen LogP contribution is -2.36. The van der Waals surface area contributed by atoms with E-state index < -0.39 is 5.97 Å². The van der Waals surface area contributed by atoms with E-state index in [1.807, 2.05) is 32.9 Å². The largest absolute Gasteiger partial charge is 0.465 e. The zero-order chi connectivity index (χ0) is 20.7. The molecule has 0 aliphatic rings. The molecule has 7 nitrogen and oxygen atoms in total. The van der Waals surface area contributed by atoms with Crippen LogP contribution in [0.15, 0.2) is 36.4 Å².